The molecule has 8 heteroatoms. The quantitative estimate of drug-likeness (QED) is 0.202. The molecule has 3 aliphatic rings. The molecule has 1 aliphatic heterocycles. The first-order chi connectivity index (χ1) is 16.4. The van der Waals surface area contributed by atoms with E-state index in [9.17, 15) is 19.5 Å². The van der Waals surface area contributed by atoms with Gasteiger partial charge in [-0.05, 0) is 68.8 Å². The van der Waals surface area contributed by atoms with Crippen LogP contribution < -0.4 is 0 Å². The summed E-state index contributed by atoms with van der Waals surface area (Å²) in [4.78, 5) is 36.5. The number of hydrogen-bond donors (Lipinski definition) is 1. The summed E-state index contributed by atoms with van der Waals surface area (Å²) in [7, 11) is 0. The number of halogens is 1. The Morgan fingerprint density at radius 2 is 2.06 bits per heavy atom. The van der Waals surface area contributed by atoms with E-state index in [4.69, 9.17) is 14.2 Å². The van der Waals surface area contributed by atoms with Gasteiger partial charge < -0.3 is 19.3 Å². The van der Waals surface area contributed by atoms with Crippen molar-refractivity contribution in [1.82, 2.24) is 0 Å². The molecule has 0 aromatic carbocycles. The van der Waals surface area contributed by atoms with Gasteiger partial charge in [0.05, 0.1) is 11.0 Å². The third-order valence-corrected chi connectivity index (χ3v) is 10.00. The number of cyclic esters (lactones) is 1. The molecule has 6 atom stereocenters. The van der Waals surface area contributed by atoms with Crippen molar-refractivity contribution in [2.24, 2.45) is 22.7 Å². The maximum absolute atomic E-state index is 12.7. The summed E-state index contributed by atoms with van der Waals surface area (Å²) in [5.41, 5.74) is -0.987. The summed E-state index contributed by atoms with van der Waals surface area (Å²) in [6.07, 6.45) is 6.88. The van der Waals surface area contributed by atoms with Gasteiger partial charge in [0, 0.05) is 23.9 Å². The minimum atomic E-state index is -1.23. The summed E-state index contributed by atoms with van der Waals surface area (Å²) in [6.45, 7) is 9.55. The minimum Gasteiger partial charge on any atom is -0.462 e. The fourth-order valence-corrected chi connectivity index (χ4v) is 7.50. The maximum Gasteiger partial charge on any atom is 0.333 e. The summed E-state index contributed by atoms with van der Waals surface area (Å²) in [5.74, 6) is -1.04. The van der Waals surface area contributed by atoms with Gasteiger partial charge in [-0.2, -0.15) is 0 Å². The molecule has 2 aliphatic carbocycles. The Hall–Kier alpha value is -1.67. The minimum absolute atomic E-state index is 0.0334. The first kappa shape index (κ1) is 27.9. The van der Waals surface area contributed by atoms with Crippen molar-refractivity contribution in [1.29, 1.82) is 0 Å². The molecule has 0 aromatic heterocycles. The van der Waals surface area contributed by atoms with Gasteiger partial charge in [0.2, 0.25) is 0 Å². The van der Waals surface area contributed by atoms with Gasteiger partial charge >= 0.3 is 17.9 Å². The molecule has 0 spiro atoms. The molecule has 0 aromatic rings. The second-order valence-corrected chi connectivity index (χ2v) is 11.4. The van der Waals surface area contributed by atoms with E-state index < -0.39 is 29.1 Å². The Morgan fingerprint density at radius 3 is 2.63 bits per heavy atom. The molecular weight excluding hydrogens is 516 g/mol. The summed E-state index contributed by atoms with van der Waals surface area (Å²) in [6, 6.07) is 0. The lowest BCUT2D eigenvalue weighted by molar-refractivity contribution is -0.267. The Balaban J connectivity index is 2.07. The zero-order chi connectivity index (χ0) is 26.0. The average Bonchev–Trinajstić information content (AvgIpc) is 3.24. The number of carbonyl (C=O) groups is 3. The number of hydrogen-bond acceptors (Lipinski definition) is 7. The first-order valence-corrected chi connectivity index (χ1v) is 13.7. The predicted octanol–water partition coefficient (Wildman–Crippen LogP) is 4.65. The van der Waals surface area contributed by atoms with E-state index in [2.05, 4.69) is 29.8 Å². The monoisotopic (exact) mass is 554 g/mol. The van der Waals surface area contributed by atoms with Crippen LogP contribution in [0, 0.1) is 22.7 Å². The maximum atomic E-state index is 12.7. The summed E-state index contributed by atoms with van der Waals surface area (Å²) < 4.78 is 16.9. The van der Waals surface area contributed by atoms with Crippen molar-refractivity contribution in [2.45, 2.75) is 84.8 Å². The molecule has 7 nitrogen and oxygen atoms in total. The van der Waals surface area contributed by atoms with E-state index in [0.717, 1.165) is 24.8 Å². The van der Waals surface area contributed by atoms with Crippen molar-refractivity contribution in [3.05, 3.63) is 23.3 Å². The van der Waals surface area contributed by atoms with Crippen LogP contribution in [-0.2, 0) is 28.6 Å². The molecule has 3 rings (SSSR count). The van der Waals surface area contributed by atoms with Gasteiger partial charge in [-0.1, -0.05) is 42.3 Å². The number of aliphatic hydroxyl groups is 1. The van der Waals surface area contributed by atoms with Crippen LogP contribution in [-0.4, -0.2) is 53.3 Å². The third-order valence-electron chi connectivity index (χ3n) is 9.07. The topological polar surface area (TPSA) is 99.1 Å². The van der Waals surface area contributed by atoms with Crippen LogP contribution in [0.1, 0.15) is 73.1 Å². The lowest BCUT2D eigenvalue weighted by Gasteiger charge is -2.65. The number of fused-ring (bicyclic) bond motifs is 1. The van der Waals surface area contributed by atoms with Crippen molar-refractivity contribution < 1.29 is 33.7 Å². The molecule has 35 heavy (non-hydrogen) atoms. The van der Waals surface area contributed by atoms with Crippen LogP contribution in [0.3, 0.4) is 0 Å². The molecule has 2 fully saturated rings. The summed E-state index contributed by atoms with van der Waals surface area (Å²) >= 11 is 3.55. The van der Waals surface area contributed by atoms with E-state index in [0.29, 0.717) is 31.4 Å². The average molecular weight is 556 g/mol. The Kier molecular flexibility index (Phi) is 8.57. The van der Waals surface area contributed by atoms with Crippen molar-refractivity contribution in [2.75, 3.05) is 18.5 Å². The molecule has 1 heterocycles. The fraction of sp³-hybridized carbons (Fsp3) is 0.741. The molecule has 0 bridgehead atoms. The lowest BCUT2D eigenvalue weighted by atomic mass is 9.42. The van der Waals surface area contributed by atoms with E-state index in [1.165, 1.54) is 6.92 Å². The third kappa shape index (κ3) is 5.10. The van der Waals surface area contributed by atoms with Crippen LogP contribution in [0.4, 0.5) is 0 Å². The van der Waals surface area contributed by atoms with Crippen LogP contribution in [0.25, 0.3) is 0 Å². The fourth-order valence-electron chi connectivity index (χ4n) is 6.70. The van der Waals surface area contributed by atoms with E-state index in [1.54, 1.807) is 26.0 Å². The van der Waals surface area contributed by atoms with Gasteiger partial charge in [0.15, 0.2) is 0 Å². The standard InChI is InChI=1S/C27H39BrO7/c1-6-17(2)24(31)34-16-27-21(8-7-10-26(27,32)15-28)25(5,11-9-20-13-23(30)33-14-20)18(3)12-22(27)35-19(4)29/h6,13,18,21-22,32H,7-12,14-16H2,1-5H3/b17-6+/t18-,21-,22+,25+,26+,27+/m1/s1. The largest absolute Gasteiger partial charge is 0.462 e. The number of allylic oxidation sites excluding steroid dienone is 1. The number of rotatable bonds is 8. The number of ether oxygens (including phenoxy) is 3. The number of carbonyl (C=O) groups excluding carboxylic acids is 3. The molecule has 0 radical (unpaired) electrons. The smallest absolute Gasteiger partial charge is 0.333 e. The zero-order valence-electron chi connectivity index (χ0n) is 21.5. The molecule has 0 saturated heterocycles. The van der Waals surface area contributed by atoms with Crippen LogP contribution >= 0.6 is 15.9 Å². The first-order valence-electron chi connectivity index (χ1n) is 12.6. The van der Waals surface area contributed by atoms with Crippen molar-refractivity contribution in [3.8, 4) is 0 Å². The highest BCUT2D eigenvalue weighted by Crippen LogP contribution is 2.65. The van der Waals surface area contributed by atoms with E-state index in [-0.39, 0.29) is 35.2 Å². The van der Waals surface area contributed by atoms with Crippen LogP contribution in [0.2, 0.25) is 0 Å². The lowest BCUT2D eigenvalue weighted by Crippen LogP contribution is -2.71. The normalized spacial score (nSPS) is 37.2. The highest BCUT2D eigenvalue weighted by molar-refractivity contribution is 9.09. The SMILES string of the molecule is C/C=C(\C)C(=O)OC[C@@]12[C@@H](OC(C)=O)C[C@@H](C)[C@](C)(CCC3=CC(=O)OC3)[C@H]1CCC[C@]2(O)CBr. The number of alkyl halides is 1. The van der Waals surface area contributed by atoms with E-state index >= 15 is 0 Å². The van der Waals surface area contributed by atoms with Crippen LogP contribution in [0.15, 0.2) is 23.3 Å². The van der Waals surface area contributed by atoms with Gasteiger partial charge in [0.1, 0.15) is 19.3 Å². The van der Waals surface area contributed by atoms with Gasteiger partial charge in [-0.25, -0.2) is 9.59 Å². The Bertz CT molecular complexity index is 911. The highest BCUT2D eigenvalue weighted by Gasteiger charge is 2.69. The van der Waals surface area contributed by atoms with Crippen molar-refractivity contribution >= 4 is 33.8 Å². The Labute approximate surface area is 216 Å². The highest BCUT2D eigenvalue weighted by atomic mass is 79.9. The summed E-state index contributed by atoms with van der Waals surface area (Å²) in [5, 5.41) is 12.4. The second-order valence-electron chi connectivity index (χ2n) is 10.8. The van der Waals surface area contributed by atoms with E-state index in [1.807, 2.05) is 0 Å². The zero-order valence-corrected chi connectivity index (χ0v) is 23.1. The van der Waals surface area contributed by atoms with Gasteiger partial charge in [0.25, 0.3) is 0 Å². The molecule has 2 saturated carbocycles. The predicted molar refractivity (Wildman–Crippen MR) is 135 cm³/mol. The second kappa shape index (κ2) is 10.8. The van der Waals surface area contributed by atoms with Crippen LogP contribution in [0.5, 0.6) is 0 Å². The molecule has 0 unspecified atom stereocenters. The molecule has 1 N–H and O–H groups in total. The molecule has 0 amide bonds. The van der Waals surface area contributed by atoms with Crippen molar-refractivity contribution in [3.63, 3.8) is 0 Å². The van der Waals surface area contributed by atoms with Gasteiger partial charge in [-0.3, -0.25) is 4.79 Å². The molecular formula is C27H39BrO7. The Morgan fingerprint density at radius 1 is 1.34 bits per heavy atom. The molecule has 196 valence electrons. The number of esters is 3. The van der Waals surface area contributed by atoms with Gasteiger partial charge in [-0.15, -0.1) is 0 Å².